The minimum absolute atomic E-state index is 0.115. The molecule has 2 N–H and O–H groups in total. The molecule has 0 saturated carbocycles. The molecule has 0 aliphatic carbocycles. The lowest BCUT2D eigenvalue weighted by Crippen LogP contribution is -2.17. The lowest BCUT2D eigenvalue weighted by atomic mass is 10.1. The zero-order valence-electron chi connectivity index (χ0n) is 16.4. The number of amides is 2. The van der Waals surface area contributed by atoms with Gasteiger partial charge in [-0.05, 0) is 69.0 Å². The third kappa shape index (κ3) is 10.5. The van der Waals surface area contributed by atoms with Gasteiger partial charge in [-0.25, -0.2) is 10.9 Å². The van der Waals surface area contributed by atoms with Crippen LogP contribution in [0.4, 0.5) is 0 Å². The van der Waals surface area contributed by atoms with Gasteiger partial charge in [0.1, 0.15) is 11.5 Å². The van der Waals surface area contributed by atoms with Gasteiger partial charge < -0.3 is 8.83 Å². The fourth-order valence-corrected chi connectivity index (χ4v) is 3.16. The van der Waals surface area contributed by atoms with Crippen molar-refractivity contribution in [2.75, 3.05) is 0 Å². The van der Waals surface area contributed by atoms with Gasteiger partial charge in [-0.15, -0.1) is 0 Å². The summed E-state index contributed by atoms with van der Waals surface area (Å²) in [6, 6.07) is 7.00. The smallest absolute Gasteiger partial charge is 0.240 e. The molecule has 10 heteroatoms. The van der Waals surface area contributed by atoms with Crippen molar-refractivity contribution in [1.29, 1.82) is 0 Å². The van der Waals surface area contributed by atoms with Crippen molar-refractivity contribution >= 4 is 56.1 Å². The number of furan rings is 2. The van der Waals surface area contributed by atoms with E-state index < -0.39 is 0 Å². The summed E-state index contributed by atoms with van der Waals surface area (Å²) < 4.78 is 11.7. The van der Waals surface area contributed by atoms with E-state index in [1.54, 1.807) is 24.3 Å². The molecule has 0 aliphatic rings. The number of rotatable bonds is 13. The van der Waals surface area contributed by atoms with Crippen molar-refractivity contribution in [1.82, 2.24) is 10.9 Å². The van der Waals surface area contributed by atoms with E-state index in [9.17, 15) is 9.59 Å². The largest absolute Gasteiger partial charge is 0.448 e. The summed E-state index contributed by atoms with van der Waals surface area (Å²) in [6.45, 7) is 0. The molecule has 8 nitrogen and oxygen atoms in total. The van der Waals surface area contributed by atoms with Crippen LogP contribution in [0.1, 0.15) is 62.9 Å². The van der Waals surface area contributed by atoms with Gasteiger partial charge in [-0.1, -0.05) is 25.7 Å². The van der Waals surface area contributed by atoms with Gasteiger partial charge in [0.2, 0.25) is 11.8 Å². The molecule has 0 saturated heterocycles. The van der Waals surface area contributed by atoms with Gasteiger partial charge in [-0.3, -0.25) is 9.59 Å². The Morgan fingerprint density at radius 3 is 1.50 bits per heavy atom. The Labute approximate surface area is 191 Å². The number of nitrogens with zero attached hydrogens (tertiary/aromatic N) is 2. The maximum Gasteiger partial charge on any atom is 0.240 e. The molecule has 162 valence electrons. The van der Waals surface area contributed by atoms with Crippen molar-refractivity contribution < 1.29 is 18.4 Å². The molecule has 0 fully saturated rings. The van der Waals surface area contributed by atoms with E-state index >= 15 is 0 Å². The molecule has 2 heterocycles. The first kappa shape index (κ1) is 24.1. The number of hydrogen-bond acceptors (Lipinski definition) is 6. The number of hydrogen-bond donors (Lipinski definition) is 2. The molecule has 30 heavy (non-hydrogen) atoms. The molecule has 0 radical (unpaired) electrons. The first-order valence-electron chi connectivity index (χ1n) is 9.67. The first-order valence-corrected chi connectivity index (χ1v) is 11.3. The Hall–Kier alpha value is -2.20. The molecule has 0 aromatic carbocycles. The van der Waals surface area contributed by atoms with E-state index in [2.05, 4.69) is 52.9 Å². The maximum atomic E-state index is 11.7. The van der Waals surface area contributed by atoms with Crippen LogP contribution in [0.15, 0.2) is 52.6 Å². The molecular weight excluding hydrogens is 520 g/mol. The van der Waals surface area contributed by atoms with Gasteiger partial charge in [0, 0.05) is 12.8 Å². The predicted molar refractivity (Wildman–Crippen MR) is 121 cm³/mol. The number of hydrazone groups is 2. The Morgan fingerprint density at radius 1 is 0.733 bits per heavy atom. The highest BCUT2D eigenvalue weighted by molar-refractivity contribution is 9.10. The molecule has 0 spiro atoms. The molecule has 2 rings (SSSR count). The van der Waals surface area contributed by atoms with Crippen molar-refractivity contribution in [2.24, 2.45) is 10.2 Å². The van der Waals surface area contributed by atoms with Gasteiger partial charge in [0.05, 0.1) is 12.4 Å². The topological polar surface area (TPSA) is 109 Å². The molecule has 0 bridgehead atoms. The van der Waals surface area contributed by atoms with Crippen LogP contribution in [0, 0.1) is 0 Å². The van der Waals surface area contributed by atoms with Crippen LogP contribution in [0.3, 0.4) is 0 Å². The molecule has 0 aliphatic heterocycles. The van der Waals surface area contributed by atoms with Gasteiger partial charge in [0.25, 0.3) is 0 Å². The third-order valence-corrected chi connectivity index (χ3v) is 4.86. The highest BCUT2D eigenvalue weighted by Gasteiger charge is 2.02. The Balaban J connectivity index is 1.41. The van der Waals surface area contributed by atoms with Crippen molar-refractivity contribution in [3.05, 3.63) is 45.1 Å². The van der Waals surface area contributed by atoms with E-state index in [-0.39, 0.29) is 11.8 Å². The summed E-state index contributed by atoms with van der Waals surface area (Å²) in [5.74, 6) is 0.897. The Bertz CT molecular complexity index is 790. The predicted octanol–water partition coefficient (Wildman–Crippen LogP) is 5.12. The Morgan fingerprint density at radius 2 is 1.13 bits per heavy atom. The fraction of sp³-hybridized carbons (Fsp3) is 0.400. The summed E-state index contributed by atoms with van der Waals surface area (Å²) in [4.78, 5) is 23.4. The van der Waals surface area contributed by atoms with Gasteiger partial charge in [-0.2, -0.15) is 10.2 Å². The zero-order valence-corrected chi connectivity index (χ0v) is 19.6. The van der Waals surface area contributed by atoms with E-state index in [0.29, 0.717) is 33.7 Å². The normalized spacial score (nSPS) is 11.4. The summed E-state index contributed by atoms with van der Waals surface area (Å²) in [6.07, 6.45) is 9.42. The molecule has 0 atom stereocenters. The second-order valence-corrected chi connectivity index (χ2v) is 8.05. The van der Waals surface area contributed by atoms with Crippen molar-refractivity contribution in [3.8, 4) is 0 Å². The standard InChI is InChI=1S/C20H24Br2N4O4/c21-17-11-9-15(29-17)13-23-25-19(27)7-5-3-1-2-4-6-8-20(28)26-24-14-16-10-12-18(22)30-16/h9-14H,1-8H2,(H,25,27)(H,26,28)/b23-13+,24-14+. The minimum atomic E-state index is -0.115. The van der Waals surface area contributed by atoms with E-state index in [0.717, 1.165) is 38.5 Å². The van der Waals surface area contributed by atoms with E-state index in [1.807, 2.05) is 0 Å². The Kier molecular flexibility index (Phi) is 11.2. The maximum absolute atomic E-state index is 11.7. The third-order valence-electron chi connectivity index (χ3n) is 4.01. The highest BCUT2D eigenvalue weighted by atomic mass is 79.9. The monoisotopic (exact) mass is 542 g/mol. The van der Waals surface area contributed by atoms with Crippen LogP contribution < -0.4 is 10.9 Å². The average Bonchev–Trinajstić information content (AvgIpc) is 3.31. The highest BCUT2D eigenvalue weighted by Crippen LogP contribution is 2.13. The molecule has 0 unspecified atom stereocenters. The SMILES string of the molecule is O=C(CCCCCCCCC(=O)N/N=C/c1ccc(Br)o1)N/N=C/c1ccc(Br)o1. The van der Waals surface area contributed by atoms with Crippen LogP contribution >= 0.6 is 31.9 Å². The number of halogens is 2. The molecule has 2 aromatic heterocycles. The van der Waals surface area contributed by atoms with Crippen molar-refractivity contribution in [3.63, 3.8) is 0 Å². The zero-order chi connectivity index (χ0) is 21.6. The minimum Gasteiger partial charge on any atom is -0.448 e. The molecule has 2 amide bonds. The average molecular weight is 544 g/mol. The van der Waals surface area contributed by atoms with Crippen LogP contribution in [0.25, 0.3) is 0 Å². The second kappa shape index (κ2) is 13.9. The van der Waals surface area contributed by atoms with E-state index in [4.69, 9.17) is 8.83 Å². The quantitative estimate of drug-likeness (QED) is 0.207. The van der Waals surface area contributed by atoms with E-state index in [1.165, 1.54) is 12.4 Å². The fourth-order valence-electron chi connectivity index (χ4n) is 2.52. The van der Waals surface area contributed by atoms with Crippen LogP contribution in [-0.2, 0) is 9.59 Å². The lowest BCUT2D eigenvalue weighted by molar-refractivity contribution is -0.122. The van der Waals surface area contributed by atoms with Crippen LogP contribution in [0.2, 0.25) is 0 Å². The summed E-state index contributed by atoms with van der Waals surface area (Å²) in [5.41, 5.74) is 4.97. The van der Waals surface area contributed by atoms with Crippen LogP contribution in [-0.4, -0.2) is 24.2 Å². The number of carbonyl (C=O) groups is 2. The summed E-state index contributed by atoms with van der Waals surface area (Å²) in [5, 5.41) is 7.71. The number of carbonyl (C=O) groups excluding carboxylic acids is 2. The number of unbranched alkanes of at least 4 members (excludes halogenated alkanes) is 5. The molecule has 2 aromatic rings. The van der Waals surface area contributed by atoms with Gasteiger partial charge in [0.15, 0.2) is 9.34 Å². The van der Waals surface area contributed by atoms with Crippen molar-refractivity contribution in [2.45, 2.75) is 51.4 Å². The number of nitrogens with one attached hydrogen (secondary N) is 2. The molecular formula is C20H24Br2N4O4. The second-order valence-electron chi connectivity index (χ2n) is 6.49. The summed E-state index contributed by atoms with van der Waals surface area (Å²) in [7, 11) is 0. The first-order chi connectivity index (χ1) is 14.5. The van der Waals surface area contributed by atoms with Gasteiger partial charge >= 0.3 is 0 Å². The lowest BCUT2D eigenvalue weighted by Gasteiger charge is -2.02. The van der Waals surface area contributed by atoms with Crippen LogP contribution in [0.5, 0.6) is 0 Å². The summed E-state index contributed by atoms with van der Waals surface area (Å²) >= 11 is 6.40.